The predicted octanol–water partition coefficient (Wildman–Crippen LogP) is 0.726. The van der Waals surface area contributed by atoms with E-state index in [9.17, 15) is 4.79 Å². The number of nitrogens with one attached hydrogen (secondary N) is 1. The summed E-state index contributed by atoms with van der Waals surface area (Å²) in [5.41, 5.74) is 6.60. The van der Waals surface area contributed by atoms with E-state index in [0.29, 0.717) is 0 Å². The van der Waals surface area contributed by atoms with Gasteiger partial charge in [-0.1, -0.05) is 12.8 Å². The van der Waals surface area contributed by atoms with Gasteiger partial charge in [0.25, 0.3) is 0 Å². The molecule has 5 nitrogen and oxygen atoms in total. The quantitative estimate of drug-likeness (QED) is 0.715. The predicted molar refractivity (Wildman–Crippen MR) is 65.1 cm³/mol. The van der Waals surface area contributed by atoms with Crippen LogP contribution in [-0.2, 0) is 11.8 Å². The highest BCUT2D eigenvalue weighted by Gasteiger charge is 2.21. The highest BCUT2D eigenvalue weighted by Crippen LogP contribution is 2.33. The summed E-state index contributed by atoms with van der Waals surface area (Å²) >= 11 is 0. The average Bonchev–Trinajstić information content (AvgIpc) is 3.04. The fourth-order valence-electron chi connectivity index (χ4n) is 1.87. The summed E-state index contributed by atoms with van der Waals surface area (Å²) in [4.78, 5) is 11.7. The number of nitrogens with zero attached hydrogens (tertiary/aromatic N) is 2. The zero-order valence-corrected chi connectivity index (χ0v) is 10.2. The molecule has 1 atom stereocenters. The van der Waals surface area contributed by atoms with Crippen LogP contribution >= 0.6 is 0 Å². The average molecular weight is 236 g/mol. The van der Waals surface area contributed by atoms with Crippen molar-refractivity contribution in [3.8, 4) is 0 Å². The molecule has 0 aromatic carbocycles. The molecule has 0 saturated heterocycles. The summed E-state index contributed by atoms with van der Waals surface area (Å²) in [6.07, 6.45) is 8.41. The van der Waals surface area contributed by atoms with Crippen LogP contribution in [0.3, 0.4) is 0 Å². The van der Waals surface area contributed by atoms with Crippen molar-refractivity contribution in [1.82, 2.24) is 15.1 Å². The molecular weight excluding hydrogens is 216 g/mol. The monoisotopic (exact) mass is 236 g/mol. The summed E-state index contributed by atoms with van der Waals surface area (Å²) in [5, 5.41) is 6.88. The van der Waals surface area contributed by atoms with Crippen LogP contribution in [-0.4, -0.2) is 22.2 Å². The minimum atomic E-state index is -0.607. The molecule has 0 radical (unpaired) electrons. The van der Waals surface area contributed by atoms with Crippen molar-refractivity contribution >= 4 is 5.91 Å². The van der Waals surface area contributed by atoms with Crippen LogP contribution in [0.2, 0.25) is 0 Å². The molecule has 1 saturated carbocycles. The van der Waals surface area contributed by atoms with Gasteiger partial charge in [-0.05, 0) is 18.8 Å². The Kier molecular flexibility index (Phi) is 3.78. The number of carbonyl (C=O) groups excluding carboxylic acids is 1. The summed E-state index contributed by atoms with van der Waals surface area (Å²) in [6.45, 7) is 0.725. The third-order valence-electron chi connectivity index (χ3n) is 3.15. The Morgan fingerprint density at radius 3 is 3.06 bits per heavy atom. The number of amides is 1. The lowest BCUT2D eigenvalue weighted by Crippen LogP contribution is -2.34. The van der Waals surface area contributed by atoms with E-state index in [1.54, 1.807) is 17.1 Å². The topological polar surface area (TPSA) is 72.9 Å². The first-order valence-electron chi connectivity index (χ1n) is 6.18. The maximum atomic E-state index is 11.7. The smallest absolute Gasteiger partial charge is 0.241 e. The molecule has 1 amide bonds. The van der Waals surface area contributed by atoms with Crippen molar-refractivity contribution in [2.45, 2.75) is 31.7 Å². The molecule has 1 aliphatic carbocycles. The van der Waals surface area contributed by atoms with E-state index in [-0.39, 0.29) is 5.91 Å². The van der Waals surface area contributed by atoms with Crippen LogP contribution in [0, 0.1) is 5.92 Å². The van der Waals surface area contributed by atoms with E-state index in [1.165, 1.54) is 19.3 Å². The number of aromatic nitrogens is 2. The number of rotatable bonds is 6. The number of carbonyl (C=O) groups is 1. The van der Waals surface area contributed by atoms with Gasteiger partial charge < -0.3 is 11.1 Å². The minimum Gasteiger partial charge on any atom is -0.354 e. The van der Waals surface area contributed by atoms with Crippen molar-refractivity contribution < 1.29 is 4.79 Å². The Hall–Kier alpha value is -1.36. The van der Waals surface area contributed by atoms with Gasteiger partial charge in [0.2, 0.25) is 5.91 Å². The van der Waals surface area contributed by atoms with E-state index < -0.39 is 6.04 Å². The molecular formula is C12H20N4O. The summed E-state index contributed by atoms with van der Waals surface area (Å²) in [6, 6.07) is -0.607. The SMILES string of the molecule is Cn1cc(C(N)C(=O)NCCCC2CC2)cn1. The van der Waals surface area contributed by atoms with Crippen molar-refractivity contribution in [3.05, 3.63) is 18.0 Å². The van der Waals surface area contributed by atoms with Crippen LogP contribution in [0.5, 0.6) is 0 Å². The molecule has 0 spiro atoms. The van der Waals surface area contributed by atoms with Gasteiger partial charge in [-0.25, -0.2) is 0 Å². The third kappa shape index (κ3) is 3.56. The standard InChI is InChI=1S/C12H20N4O/c1-16-8-10(7-15-16)11(13)12(17)14-6-2-3-9-4-5-9/h7-9,11H,2-6,13H2,1H3,(H,14,17). The molecule has 1 fully saturated rings. The lowest BCUT2D eigenvalue weighted by molar-refractivity contribution is -0.122. The molecule has 1 heterocycles. The van der Waals surface area contributed by atoms with Gasteiger partial charge in [0.1, 0.15) is 6.04 Å². The Morgan fingerprint density at radius 2 is 2.47 bits per heavy atom. The first-order valence-corrected chi connectivity index (χ1v) is 6.18. The summed E-state index contributed by atoms with van der Waals surface area (Å²) in [7, 11) is 1.81. The highest BCUT2D eigenvalue weighted by atomic mass is 16.2. The second kappa shape index (κ2) is 5.31. The molecule has 1 aromatic heterocycles. The van der Waals surface area contributed by atoms with Gasteiger partial charge in [-0.3, -0.25) is 9.48 Å². The van der Waals surface area contributed by atoms with E-state index >= 15 is 0 Å². The van der Waals surface area contributed by atoms with Crippen molar-refractivity contribution in [2.75, 3.05) is 6.54 Å². The Balaban J connectivity index is 1.70. The van der Waals surface area contributed by atoms with Gasteiger partial charge >= 0.3 is 0 Å². The molecule has 1 aromatic rings. The molecule has 5 heteroatoms. The van der Waals surface area contributed by atoms with E-state index in [2.05, 4.69) is 10.4 Å². The van der Waals surface area contributed by atoms with Crippen LogP contribution in [0.1, 0.15) is 37.3 Å². The Labute approximate surface area is 101 Å². The van der Waals surface area contributed by atoms with Gasteiger partial charge in [0.15, 0.2) is 0 Å². The molecule has 94 valence electrons. The second-order valence-corrected chi connectivity index (χ2v) is 4.80. The van der Waals surface area contributed by atoms with Gasteiger partial charge in [0, 0.05) is 25.4 Å². The van der Waals surface area contributed by atoms with Crippen molar-refractivity contribution in [1.29, 1.82) is 0 Å². The summed E-state index contributed by atoms with van der Waals surface area (Å²) < 4.78 is 1.65. The molecule has 3 N–H and O–H groups in total. The zero-order chi connectivity index (χ0) is 12.3. The van der Waals surface area contributed by atoms with Crippen molar-refractivity contribution in [3.63, 3.8) is 0 Å². The molecule has 1 unspecified atom stereocenters. The van der Waals surface area contributed by atoms with Crippen molar-refractivity contribution in [2.24, 2.45) is 18.7 Å². The Morgan fingerprint density at radius 1 is 1.71 bits per heavy atom. The molecule has 1 aliphatic rings. The van der Waals surface area contributed by atoms with E-state index in [4.69, 9.17) is 5.73 Å². The first kappa shape index (κ1) is 12.1. The number of hydrogen-bond acceptors (Lipinski definition) is 3. The molecule has 0 bridgehead atoms. The minimum absolute atomic E-state index is 0.117. The third-order valence-corrected chi connectivity index (χ3v) is 3.15. The van der Waals surface area contributed by atoms with Gasteiger partial charge in [-0.2, -0.15) is 5.10 Å². The summed E-state index contributed by atoms with van der Waals surface area (Å²) in [5.74, 6) is 0.799. The first-order chi connectivity index (χ1) is 8.16. The van der Waals surface area contributed by atoms with Crippen LogP contribution < -0.4 is 11.1 Å². The van der Waals surface area contributed by atoms with Crippen LogP contribution in [0.25, 0.3) is 0 Å². The molecule has 2 rings (SSSR count). The van der Waals surface area contributed by atoms with Gasteiger partial charge in [-0.15, -0.1) is 0 Å². The van der Waals surface area contributed by atoms with Gasteiger partial charge in [0.05, 0.1) is 6.20 Å². The second-order valence-electron chi connectivity index (χ2n) is 4.80. The molecule has 17 heavy (non-hydrogen) atoms. The fourth-order valence-corrected chi connectivity index (χ4v) is 1.87. The van der Waals surface area contributed by atoms with Crippen LogP contribution in [0.15, 0.2) is 12.4 Å². The highest BCUT2D eigenvalue weighted by molar-refractivity contribution is 5.82. The fraction of sp³-hybridized carbons (Fsp3) is 0.667. The normalized spacial score (nSPS) is 16.8. The van der Waals surface area contributed by atoms with E-state index in [1.807, 2.05) is 7.05 Å². The molecule has 0 aliphatic heterocycles. The van der Waals surface area contributed by atoms with Crippen LogP contribution in [0.4, 0.5) is 0 Å². The number of aryl methyl sites for hydroxylation is 1. The number of hydrogen-bond donors (Lipinski definition) is 2. The number of nitrogens with two attached hydrogens (primary N) is 1. The maximum absolute atomic E-state index is 11.7. The maximum Gasteiger partial charge on any atom is 0.241 e. The lowest BCUT2D eigenvalue weighted by Gasteiger charge is -2.10. The lowest BCUT2D eigenvalue weighted by atomic mass is 10.1. The zero-order valence-electron chi connectivity index (χ0n) is 10.2. The largest absolute Gasteiger partial charge is 0.354 e. The Bertz CT molecular complexity index is 384. The van der Waals surface area contributed by atoms with E-state index in [0.717, 1.165) is 24.4 Å².